The van der Waals surface area contributed by atoms with Crippen LogP contribution in [0.1, 0.15) is 40.2 Å². The lowest BCUT2D eigenvalue weighted by atomic mass is 9.86. The van der Waals surface area contributed by atoms with Crippen molar-refractivity contribution in [3.63, 3.8) is 0 Å². The number of nitrogens with zero attached hydrogens (tertiary/aromatic N) is 1. The third-order valence-electron chi connectivity index (χ3n) is 5.82. The third-order valence-corrected chi connectivity index (χ3v) is 7.06. The van der Waals surface area contributed by atoms with E-state index < -0.39 is 0 Å². The summed E-state index contributed by atoms with van der Waals surface area (Å²) in [4.78, 5) is 15.7. The summed E-state index contributed by atoms with van der Waals surface area (Å²) in [5.74, 6) is 0.986. The Morgan fingerprint density at radius 3 is 2.69 bits per heavy atom. The highest BCUT2D eigenvalue weighted by Crippen LogP contribution is 2.46. The van der Waals surface area contributed by atoms with Crippen molar-refractivity contribution in [2.24, 2.45) is 0 Å². The number of ether oxygens (including phenoxy) is 1. The molecule has 0 aliphatic carbocycles. The van der Waals surface area contributed by atoms with Crippen LogP contribution in [0.4, 0.5) is 10.8 Å². The number of nitrogens with two attached hydrogens (primary N) is 1. The molecule has 32 heavy (non-hydrogen) atoms. The molecule has 0 saturated carbocycles. The van der Waals surface area contributed by atoms with Gasteiger partial charge < -0.3 is 10.1 Å². The molecule has 6 nitrogen and oxygen atoms in total. The fourth-order valence-corrected chi connectivity index (χ4v) is 5.44. The van der Waals surface area contributed by atoms with Crippen LogP contribution in [-0.2, 0) is 11.4 Å². The molecule has 0 radical (unpaired) electrons. The number of aromatic amines is 1. The third kappa shape index (κ3) is 3.45. The molecule has 0 saturated heterocycles. The Labute approximate surface area is 189 Å². The number of carbonyl (C=O) groups is 1. The number of amides is 1. The van der Waals surface area contributed by atoms with Gasteiger partial charge in [0.15, 0.2) is 0 Å². The van der Waals surface area contributed by atoms with Crippen LogP contribution in [0, 0.1) is 18.3 Å². The fraction of sp³-hybridized carbons (Fsp3) is 0.160. The van der Waals surface area contributed by atoms with Crippen molar-refractivity contribution < 1.29 is 14.5 Å². The Kier molecular flexibility index (Phi) is 5.00. The first-order chi connectivity index (χ1) is 15.5. The number of nitrogens with one attached hydrogen (secondary N) is 2. The Bertz CT molecular complexity index is 1370. The maximum Gasteiger partial charge on any atom is 0.289 e. The molecule has 7 heteroatoms. The molecule has 3 heterocycles. The van der Waals surface area contributed by atoms with Gasteiger partial charge in [-0.3, -0.25) is 10.5 Å². The van der Waals surface area contributed by atoms with E-state index in [9.17, 15) is 10.1 Å². The fourth-order valence-electron chi connectivity index (χ4n) is 4.20. The average molecular weight is 442 g/mol. The monoisotopic (exact) mass is 441 g/mol. The molecule has 1 amide bonds. The average Bonchev–Trinajstić information content (AvgIpc) is 3.17. The van der Waals surface area contributed by atoms with Crippen molar-refractivity contribution in [3.8, 4) is 11.8 Å². The molecule has 0 fully saturated rings. The summed E-state index contributed by atoms with van der Waals surface area (Å²) in [7, 11) is 0. The summed E-state index contributed by atoms with van der Waals surface area (Å²) in [5.41, 5.74) is 11.4. The molecule has 2 aromatic heterocycles. The molecule has 0 spiro atoms. The van der Waals surface area contributed by atoms with E-state index in [0.29, 0.717) is 24.4 Å². The minimum absolute atomic E-state index is 0.0235. The van der Waals surface area contributed by atoms with E-state index in [-0.39, 0.29) is 11.8 Å². The van der Waals surface area contributed by atoms with E-state index in [1.54, 1.807) is 0 Å². The second-order valence-electron chi connectivity index (χ2n) is 7.85. The van der Waals surface area contributed by atoms with E-state index in [1.807, 2.05) is 61.5 Å². The maximum atomic E-state index is 12.5. The summed E-state index contributed by atoms with van der Waals surface area (Å²) >= 11 is 1.48. The van der Waals surface area contributed by atoms with Crippen molar-refractivity contribution in [3.05, 3.63) is 82.4 Å². The summed E-state index contributed by atoms with van der Waals surface area (Å²) in [5, 5.41) is 13.2. The molecule has 4 aromatic rings. The molecule has 0 unspecified atom stereocenters. The number of pyridine rings is 1. The second kappa shape index (κ2) is 7.98. The summed E-state index contributed by atoms with van der Waals surface area (Å²) in [6, 6.07) is 20.1. The van der Waals surface area contributed by atoms with Gasteiger partial charge in [-0.2, -0.15) is 5.26 Å². The molecule has 1 atom stereocenters. The Morgan fingerprint density at radius 1 is 1.22 bits per heavy atom. The first-order valence-corrected chi connectivity index (χ1v) is 11.1. The molecular weight excluding hydrogens is 420 g/mol. The van der Waals surface area contributed by atoms with Crippen LogP contribution in [0.25, 0.3) is 10.2 Å². The first-order valence-electron chi connectivity index (χ1n) is 10.3. The highest BCUT2D eigenvalue weighted by Gasteiger charge is 2.33. The van der Waals surface area contributed by atoms with Crippen LogP contribution in [0.15, 0.2) is 54.6 Å². The number of rotatable bonds is 4. The van der Waals surface area contributed by atoms with Gasteiger partial charge in [-0.1, -0.05) is 42.5 Å². The van der Waals surface area contributed by atoms with Crippen molar-refractivity contribution in [1.29, 1.82) is 5.26 Å². The number of benzene rings is 2. The number of nitriles is 1. The van der Waals surface area contributed by atoms with Gasteiger partial charge in [0.2, 0.25) is 5.91 Å². The van der Waals surface area contributed by atoms with Gasteiger partial charge in [0.1, 0.15) is 34.5 Å². The smallest absolute Gasteiger partial charge is 0.289 e. The zero-order valence-corrected chi connectivity index (χ0v) is 18.3. The number of nitrogen functional groups attached to an aromatic ring is 1. The van der Waals surface area contributed by atoms with E-state index >= 15 is 0 Å². The van der Waals surface area contributed by atoms with E-state index in [0.717, 1.165) is 43.2 Å². The van der Waals surface area contributed by atoms with Gasteiger partial charge in [0, 0.05) is 17.9 Å². The quantitative estimate of drug-likeness (QED) is 0.486. The number of hydrogen-bond acceptors (Lipinski definition) is 5. The van der Waals surface area contributed by atoms with Gasteiger partial charge in [-0.25, -0.2) is 4.98 Å². The molecule has 4 N–H and O–H groups in total. The van der Waals surface area contributed by atoms with Gasteiger partial charge >= 0.3 is 0 Å². The predicted octanol–water partition coefficient (Wildman–Crippen LogP) is 4.53. The Morgan fingerprint density at radius 2 is 1.97 bits per heavy atom. The lowest BCUT2D eigenvalue weighted by Gasteiger charge is -2.23. The molecule has 2 aromatic carbocycles. The number of aromatic nitrogens is 1. The van der Waals surface area contributed by atoms with Crippen LogP contribution >= 0.6 is 11.3 Å². The van der Waals surface area contributed by atoms with E-state index in [4.69, 9.17) is 10.5 Å². The second-order valence-corrected chi connectivity index (χ2v) is 8.87. The summed E-state index contributed by atoms with van der Waals surface area (Å²) in [6.45, 7) is 2.39. The molecule has 1 aliphatic heterocycles. The van der Waals surface area contributed by atoms with Crippen LogP contribution in [-0.4, -0.2) is 5.91 Å². The number of carbonyl (C=O) groups excluding carboxylic acids is 1. The maximum absolute atomic E-state index is 12.5. The largest absolute Gasteiger partial charge is 0.489 e. The molecule has 0 bridgehead atoms. The van der Waals surface area contributed by atoms with Crippen molar-refractivity contribution in [2.45, 2.75) is 25.9 Å². The van der Waals surface area contributed by atoms with Gasteiger partial charge in [0.25, 0.3) is 5.82 Å². The standard InChI is InChI=1S/C25H20N4O2S/c1-14-19(12-26)24(27)29-22-21-18(11-20(30)28-25(21)32-23(14)22)16-7-9-17(10-8-16)31-13-15-5-3-2-4-6-15/h2-10,18H,11,13H2,1H3,(H2,27,29)(H,28,30)/p+1/t18-/m0/s1. The lowest BCUT2D eigenvalue weighted by Crippen LogP contribution is -2.24. The van der Waals surface area contributed by atoms with E-state index in [2.05, 4.69) is 16.4 Å². The predicted molar refractivity (Wildman–Crippen MR) is 125 cm³/mol. The summed E-state index contributed by atoms with van der Waals surface area (Å²) < 4.78 is 6.85. The van der Waals surface area contributed by atoms with Crippen molar-refractivity contribution in [1.82, 2.24) is 0 Å². The Balaban J connectivity index is 1.50. The molecule has 5 rings (SSSR count). The van der Waals surface area contributed by atoms with Gasteiger partial charge in [-0.05, 0) is 35.7 Å². The van der Waals surface area contributed by atoms with Crippen LogP contribution in [0.3, 0.4) is 0 Å². The Hall–Kier alpha value is -3.89. The minimum atomic E-state index is -0.112. The minimum Gasteiger partial charge on any atom is -0.489 e. The van der Waals surface area contributed by atoms with Crippen LogP contribution in [0.5, 0.6) is 5.75 Å². The number of aryl methyl sites for hydroxylation is 1. The number of hydrogen-bond donors (Lipinski definition) is 2. The van der Waals surface area contributed by atoms with Gasteiger partial charge in [-0.15, -0.1) is 11.3 Å². The first kappa shape index (κ1) is 20.0. The zero-order chi connectivity index (χ0) is 22.2. The SMILES string of the molecule is Cc1c(C#N)c(N)[nH+]c2c3c(sc12)NC(=O)C[C@H]3c1ccc(OCc2ccccc2)cc1. The van der Waals surface area contributed by atoms with Crippen molar-refractivity contribution >= 4 is 38.3 Å². The highest BCUT2D eigenvalue weighted by molar-refractivity contribution is 7.23. The van der Waals surface area contributed by atoms with Crippen molar-refractivity contribution in [2.75, 3.05) is 11.1 Å². The van der Waals surface area contributed by atoms with Gasteiger partial charge in [0.05, 0.1) is 4.70 Å². The molecule has 1 aliphatic rings. The number of H-pyrrole nitrogens is 1. The molecular formula is C25H21N4O2S+. The lowest BCUT2D eigenvalue weighted by molar-refractivity contribution is -0.327. The highest BCUT2D eigenvalue weighted by atomic mass is 32.1. The topological polar surface area (TPSA) is 102 Å². The number of fused-ring (bicyclic) bond motifs is 3. The normalized spacial score (nSPS) is 15.1. The van der Waals surface area contributed by atoms with E-state index in [1.165, 1.54) is 11.3 Å². The summed E-state index contributed by atoms with van der Waals surface area (Å²) in [6.07, 6.45) is 0.343. The number of thiophene rings is 1. The zero-order valence-electron chi connectivity index (χ0n) is 17.4. The molecule has 158 valence electrons. The van der Waals surface area contributed by atoms with Crippen LogP contribution < -0.4 is 20.8 Å². The number of anilines is 2. The van der Waals surface area contributed by atoms with Crippen LogP contribution in [0.2, 0.25) is 0 Å².